The Labute approximate surface area is 111 Å². The van der Waals surface area contributed by atoms with Crippen LogP contribution in [-0.2, 0) is 4.79 Å². The highest BCUT2D eigenvalue weighted by atomic mass is 16.4. The monoisotopic (exact) mass is 256 g/mol. The minimum Gasteiger partial charge on any atom is -0.481 e. The van der Waals surface area contributed by atoms with E-state index in [1.54, 1.807) is 6.20 Å². The first-order valence-corrected chi connectivity index (χ1v) is 6.57. The minimum atomic E-state index is -0.696. The van der Waals surface area contributed by atoms with Crippen LogP contribution >= 0.6 is 0 Å². The number of carboxylic acids is 1. The van der Waals surface area contributed by atoms with Crippen molar-refractivity contribution in [1.82, 2.24) is 4.98 Å². The number of aliphatic carboxylic acids is 1. The molecule has 1 atom stereocenters. The summed E-state index contributed by atoms with van der Waals surface area (Å²) in [6.45, 7) is 1.48. The minimum absolute atomic E-state index is 0.271. The van der Waals surface area contributed by atoms with Gasteiger partial charge in [0.1, 0.15) is 0 Å². The van der Waals surface area contributed by atoms with E-state index < -0.39 is 5.97 Å². The molecule has 98 valence electrons. The van der Waals surface area contributed by atoms with Gasteiger partial charge in [0.05, 0.1) is 17.1 Å². The zero-order valence-corrected chi connectivity index (χ0v) is 10.6. The molecule has 1 aliphatic heterocycles. The molecule has 0 amide bonds. The lowest BCUT2D eigenvalue weighted by Crippen LogP contribution is -2.38. The Kier molecular flexibility index (Phi) is 3.07. The van der Waals surface area contributed by atoms with E-state index in [2.05, 4.69) is 9.88 Å². The lowest BCUT2D eigenvalue weighted by atomic mass is 9.97. The highest BCUT2D eigenvalue weighted by Crippen LogP contribution is 2.28. The van der Waals surface area contributed by atoms with Crippen LogP contribution in [0.1, 0.15) is 12.8 Å². The smallest absolute Gasteiger partial charge is 0.308 e. The van der Waals surface area contributed by atoms with Gasteiger partial charge in [0.25, 0.3) is 0 Å². The van der Waals surface area contributed by atoms with Crippen LogP contribution in [0.2, 0.25) is 0 Å². The van der Waals surface area contributed by atoms with Crippen LogP contribution in [-0.4, -0.2) is 29.1 Å². The summed E-state index contributed by atoms with van der Waals surface area (Å²) >= 11 is 0. The van der Waals surface area contributed by atoms with Gasteiger partial charge in [-0.1, -0.05) is 18.2 Å². The van der Waals surface area contributed by atoms with Crippen molar-refractivity contribution < 1.29 is 9.90 Å². The van der Waals surface area contributed by atoms with Crippen LogP contribution in [0.3, 0.4) is 0 Å². The van der Waals surface area contributed by atoms with Crippen LogP contribution in [0.15, 0.2) is 36.5 Å². The quantitative estimate of drug-likeness (QED) is 0.897. The first-order chi connectivity index (χ1) is 9.25. The SMILES string of the molecule is O=C(O)C1CCCN(c2cccc3cccnc23)C1. The van der Waals surface area contributed by atoms with E-state index in [0.29, 0.717) is 6.54 Å². The van der Waals surface area contributed by atoms with E-state index in [1.807, 2.05) is 30.3 Å². The molecule has 1 N–H and O–H groups in total. The maximum atomic E-state index is 11.2. The maximum Gasteiger partial charge on any atom is 0.308 e. The zero-order chi connectivity index (χ0) is 13.2. The van der Waals surface area contributed by atoms with Crippen LogP contribution in [0.4, 0.5) is 5.69 Å². The molecule has 0 aliphatic carbocycles. The van der Waals surface area contributed by atoms with Crippen molar-refractivity contribution in [2.24, 2.45) is 5.92 Å². The van der Waals surface area contributed by atoms with Gasteiger partial charge in [0, 0.05) is 24.7 Å². The third kappa shape index (κ3) is 2.26. The van der Waals surface area contributed by atoms with E-state index in [-0.39, 0.29) is 5.92 Å². The molecule has 2 heterocycles. The number of rotatable bonds is 2. The van der Waals surface area contributed by atoms with Crippen molar-refractivity contribution in [2.45, 2.75) is 12.8 Å². The summed E-state index contributed by atoms with van der Waals surface area (Å²) in [4.78, 5) is 17.7. The topological polar surface area (TPSA) is 53.4 Å². The van der Waals surface area contributed by atoms with Crippen molar-refractivity contribution in [3.8, 4) is 0 Å². The highest BCUT2D eigenvalue weighted by molar-refractivity contribution is 5.91. The van der Waals surface area contributed by atoms with Gasteiger partial charge >= 0.3 is 5.97 Å². The van der Waals surface area contributed by atoms with E-state index in [1.165, 1.54) is 0 Å². The molecule has 1 aliphatic rings. The van der Waals surface area contributed by atoms with Crippen LogP contribution < -0.4 is 4.90 Å². The molecular formula is C15H16N2O2. The molecule has 0 radical (unpaired) electrons. The number of carbonyl (C=O) groups is 1. The molecular weight excluding hydrogens is 240 g/mol. The first kappa shape index (κ1) is 12.0. The average Bonchev–Trinajstić information content (AvgIpc) is 2.47. The van der Waals surface area contributed by atoms with Gasteiger partial charge in [0.15, 0.2) is 0 Å². The second-order valence-electron chi connectivity index (χ2n) is 4.98. The van der Waals surface area contributed by atoms with E-state index in [4.69, 9.17) is 0 Å². The molecule has 2 aromatic rings. The fraction of sp³-hybridized carbons (Fsp3) is 0.333. The summed E-state index contributed by atoms with van der Waals surface area (Å²) in [5.74, 6) is -0.967. The second-order valence-corrected chi connectivity index (χ2v) is 4.98. The fourth-order valence-electron chi connectivity index (χ4n) is 2.74. The fourth-order valence-corrected chi connectivity index (χ4v) is 2.74. The molecule has 19 heavy (non-hydrogen) atoms. The van der Waals surface area contributed by atoms with E-state index in [0.717, 1.165) is 36.0 Å². The number of anilines is 1. The number of piperidine rings is 1. The summed E-state index contributed by atoms with van der Waals surface area (Å²) in [6, 6.07) is 10.0. The summed E-state index contributed by atoms with van der Waals surface area (Å²) in [5, 5.41) is 10.3. The summed E-state index contributed by atoms with van der Waals surface area (Å²) < 4.78 is 0. The standard InChI is InChI=1S/C15H16N2O2/c18-15(19)12-6-3-9-17(10-12)13-7-1-4-11-5-2-8-16-14(11)13/h1-2,4-5,7-8,12H,3,6,9-10H2,(H,18,19). The molecule has 1 aromatic heterocycles. The number of hydrogen-bond donors (Lipinski definition) is 1. The number of pyridine rings is 1. The first-order valence-electron chi connectivity index (χ1n) is 6.57. The van der Waals surface area contributed by atoms with Gasteiger partial charge in [0.2, 0.25) is 0 Å². The molecule has 0 bridgehead atoms. The second kappa shape index (κ2) is 4.88. The third-order valence-electron chi connectivity index (χ3n) is 3.72. The Balaban J connectivity index is 1.97. The van der Waals surface area contributed by atoms with Crippen molar-refractivity contribution in [2.75, 3.05) is 18.0 Å². The molecule has 0 spiro atoms. The Bertz CT molecular complexity index is 607. The summed E-state index contributed by atoms with van der Waals surface area (Å²) in [6.07, 6.45) is 3.47. The number of nitrogens with zero attached hydrogens (tertiary/aromatic N) is 2. The number of fused-ring (bicyclic) bond motifs is 1. The zero-order valence-electron chi connectivity index (χ0n) is 10.6. The predicted octanol–water partition coefficient (Wildman–Crippen LogP) is 2.54. The van der Waals surface area contributed by atoms with Gasteiger partial charge in [-0.15, -0.1) is 0 Å². The molecule has 1 saturated heterocycles. The number of carboxylic acid groups (broad SMARTS) is 1. The van der Waals surface area contributed by atoms with Crippen LogP contribution in [0.5, 0.6) is 0 Å². The number of aromatic nitrogens is 1. The third-order valence-corrected chi connectivity index (χ3v) is 3.72. The maximum absolute atomic E-state index is 11.2. The van der Waals surface area contributed by atoms with Crippen molar-refractivity contribution >= 4 is 22.6 Å². The predicted molar refractivity (Wildman–Crippen MR) is 74.3 cm³/mol. The average molecular weight is 256 g/mol. The molecule has 4 nitrogen and oxygen atoms in total. The number of para-hydroxylation sites is 1. The Morgan fingerprint density at radius 3 is 3.00 bits per heavy atom. The van der Waals surface area contributed by atoms with Crippen molar-refractivity contribution in [3.05, 3.63) is 36.5 Å². The largest absolute Gasteiger partial charge is 0.481 e. The van der Waals surface area contributed by atoms with Crippen LogP contribution in [0, 0.1) is 5.92 Å². The van der Waals surface area contributed by atoms with Crippen molar-refractivity contribution in [1.29, 1.82) is 0 Å². The molecule has 1 aromatic carbocycles. The van der Waals surface area contributed by atoms with Crippen LogP contribution in [0.25, 0.3) is 10.9 Å². The lowest BCUT2D eigenvalue weighted by Gasteiger charge is -2.32. The number of benzene rings is 1. The lowest BCUT2D eigenvalue weighted by molar-refractivity contribution is -0.141. The van der Waals surface area contributed by atoms with Gasteiger partial charge in [-0.2, -0.15) is 0 Å². The normalized spacial score (nSPS) is 19.6. The molecule has 1 unspecified atom stereocenters. The van der Waals surface area contributed by atoms with E-state index in [9.17, 15) is 9.90 Å². The van der Waals surface area contributed by atoms with Gasteiger partial charge in [-0.3, -0.25) is 9.78 Å². The molecule has 3 rings (SSSR count). The summed E-state index contributed by atoms with van der Waals surface area (Å²) in [5.41, 5.74) is 2.00. The highest BCUT2D eigenvalue weighted by Gasteiger charge is 2.26. The number of hydrogen-bond acceptors (Lipinski definition) is 3. The van der Waals surface area contributed by atoms with Gasteiger partial charge < -0.3 is 10.0 Å². The van der Waals surface area contributed by atoms with E-state index >= 15 is 0 Å². The van der Waals surface area contributed by atoms with Crippen molar-refractivity contribution in [3.63, 3.8) is 0 Å². The molecule has 4 heteroatoms. The van der Waals surface area contributed by atoms with Gasteiger partial charge in [-0.25, -0.2) is 0 Å². The Hall–Kier alpha value is -2.10. The molecule has 0 saturated carbocycles. The molecule has 1 fully saturated rings. The summed E-state index contributed by atoms with van der Waals surface area (Å²) in [7, 11) is 0. The Morgan fingerprint density at radius 1 is 1.32 bits per heavy atom. The Morgan fingerprint density at radius 2 is 2.16 bits per heavy atom. The van der Waals surface area contributed by atoms with Gasteiger partial charge in [-0.05, 0) is 25.0 Å².